The van der Waals surface area contributed by atoms with Crippen molar-refractivity contribution in [2.24, 2.45) is 7.05 Å². The van der Waals surface area contributed by atoms with Gasteiger partial charge in [0, 0.05) is 38.6 Å². The van der Waals surface area contributed by atoms with Crippen LogP contribution in [-0.4, -0.2) is 46.9 Å². The molecular formula is C21H30N4O2. The molecule has 0 unspecified atom stereocenters. The summed E-state index contributed by atoms with van der Waals surface area (Å²) in [5, 5.41) is 7.46. The molecule has 2 heterocycles. The molecule has 1 aromatic carbocycles. The number of morpholine rings is 1. The fraction of sp³-hybridized carbons (Fsp3) is 0.524. The van der Waals surface area contributed by atoms with Crippen LogP contribution in [0.5, 0.6) is 0 Å². The Kier molecular flexibility index (Phi) is 5.97. The van der Waals surface area contributed by atoms with E-state index in [1.165, 1.54) is 5.56 Å². The van der Waals surface area contributed by atoms with Crippen molar-refractivity contribution in [3.8, 4) is 0 Å². The van der Waals surface area contributed by atoms with Gasteiger partial charge in [0.2, 0.25) is 0 Å². The molecule has 0 bridgehead atoms. The molecule has 1 fully saturated rings. The van der Waals surface area contributed by atoms with Gasteiger partial charge in [0.05, 0.1) is 18.9 Å². The summed E-state index contributed by atoms with van der Waals surface area (Å²) >= 11 is 0. The molecule has 6 nitrogen and oxygen atoms in total. The van der Waals surface area contributed by atoms with E-state index in [-0.39, 0.29) is 11.3 Å². The maximum absolute atomic E-state index is 12.5. The molecule has 0 atom stereocenters. The first-order valence-corrected chi connectivity index (χ1v) is 9.53. The summed E-state index contributed by atoms with van der Waals surface area (Å²) in [6.45, 7) is 11.3. The zero-order chi connectivity index (χ0) is 19.4. The highest BCUT2D eigenvalue weighted by molar-refractivity contribution is 5.92. The Morgan fingerprint density at radius 3 is 2.37 bits per heavy atom. The van der Waals surface area contributed by atoms with Crippen LogP contribution in [0.4, 0.5) is 0 Å². The highest BCUT2D eigenvalue weighted by Gasteiger charge is 2.21. The summed E-state index contributed by atoms with van der Waals surface area (Å²) in [5.74, 6) is -0.0992. The molecule has 0 spiro atoms. The number of aryl methyl sites for hydroxylation is 1. The van der Waals surface area contributed by atoms with Crippen molar-refractivity contribution in [1.82, 2.24) is 20.0 Å². The van der Waals surface area contributed by atoms with E-state index in [2.05, 4.69) is 60.4 Å². The van der Waals surface area contributed by atoms with Crippen molar-refractivity contribution in [2.45, 2.75) is 39.3 Å². The molecule has 27 heavy (non-hydrogen) atoms. The number of carbonyl (C=O) groups is 1. The molecule has 146 valence electrons. The normalized spacial score (nSPS) is 15.7. The highest BCUT2D eigenvalue weighted by atomic mass is 16.5. The van der Waals surface area contributed by atoms with E-state index in [1.54, 1.807) is 4.68 Å². The zero-order valence-corrected chi connectivity index (χ0v) is 16.8. The monoisotopic (exact) mass is 370 g/mol. The molecule has 0 aliphatic carbocycles. The predicted molar refractivity (Wildman–Crippen MR) is 106 cm³/mol. The van der Waals surface area contributed by atoms with Gasteiger partial charge in [0.15, 0.2) is 0 Å². The summed E-state index contributed by atoms with van der Waals surface area (Å²) in [6, 6.07) is 10.3. The third-order valence-electron chi connectivity index (χ3n) is 4.87. The zero-order valence-electron chi connectivity index (χ0n) is 16.8. The second kappa shape index (κ2) is 8.23. The Morgan fingerprint density at radius 1 is 1.15 bits per heavy atom. The second-order valence-electron chi connectivity index (χ2n) is 8.18. The number of amides is 1. The van der Waals surface area contributed by atoms with Gasteiger partial charge in [-0.05, 0) is 17.2 Å². The molecule has 1 aliphatic rings. The van der Waals surface area contributed by atoms with Crippen molar-refractivity contribution >= 4 is 5.91 Å². The van der Waals surface area contributed by atoms with Gasteiger partial charge < -0.3 is 10.1 Å². The largest absolute Gasteiger partial charge is 0.379 e. The minimum atomic E-state index is -0.0992. The van der Waals surface area contributed by atoms with Crippen molar-refractivity contribution < 1.29 is 9.53 Å². The van der Waals surface area contributed by atoms with Crippen LogP contribution >= 0.6 is 0 Å². The molecule has 1 amide bonds. The number of rotatable bonds is 5. The molecule has 1 aliphatic heterocycles. The fourth-order valence-corrected chi connectivity index (χ4v) is 3.10. The maximum Gasteiger partial charge on any atom is 0.269 e. The summed E-state index contributed by atoms with van der Waals surface area (Å²) in [6.07, 6.45) is 0. The highest BCUT2D eigenvalue weighted by Crippen LogP contribution is 2.21. The number of ether oxygens (including phenoxy) is 1. The minimum Gasteiger partial charge on any atom is -0.379 e. The van der Waals surface area contributed by atoms with Crippen molar-refractivity contribution in [2.75, 3.05) is 26.3 Å². The quantitative estimate of drug-likeness (QED) is 0.878. The standard InChI is InChI=1S/C21H30N4O2/c1-21(2,3)19-13-18(24(4)23-19)20(26)22-14-16-5-7-17(8-6-16)15-25-9-11-27-12-10-25/h5-8,13H,9-12,14-15H2,1-4H3,(H,22,26). The molecule has 6 heteroatoms. The van der Waals surface area contributed by atoms with Gasteiger partial charge in [0.1, 0.15) is 5.69 Å². The second-order valence-corrected chi connectivity index (χ2v) is 8.18. The molecule has 1 N–H and O–H groups in total. The van der Waals surface area contributed by atoms with Gasteiger partial charge in [-0.2, -0.15) is 5.10 Å². The van der Waals surface area contributed by atoms with Gasteiger partial charge >= 0.3 is 0 Å². The van der Waals surface area contributed by atoms with Crippen LogP contribution in [0.25, 0.3) is 0 Å². The molecule has 0 saturated carbocycles. The van der Waals surface area contributed by atoms with Crippen LogP contribution in [-0.2, 0) is 30.3 Å². The third kappa shape index (κ3) is 5.17. The van der Waals surface area contributed by atoms with E-state index in [1.807, 2.05) is 13.1 Å². The van der Waals surface area contributed by atoms with Gasteiger partial charge in [-0.25, -0.2) is 0 Å². The molecule has 1 aromatic heterocycles. The first-order valence-electron chi connectivity index (χ1n) is 9.53. The van der Waals surface area contributed by atoms with Gasteiger partial charge in [0.25, 0.3) is 5.91 Å². The Labute approximate surface area is 161 Å². The van der Waals surface area contributed by atoms with Gasteiger partial charge in [-0.3, -0.25) is 14.4 Å². The lowest BCUT2D eigenvalue weighted by Crippen LogP contribution is -2.35. The van der Waals surface area contributed by atoms with E-state index < -0.39 is 0 Å². The first-order chi connectivity index (χ1) is 12.8. The lowest BCUT2D eigenvalue weighted by molar-refractivity contribution is 0.0342. The number of aromatic nitrogens is 2. The van der Waals surface area contributed by atoms with Crippen molar-refractivity contribution in [1.29, 1.82) is 0 Å². The third-order valence-corrected chi connectivity index (χ3v) is 4.87. The first kappa shape index (κ1) is 19.6. The topological polar surface area (TPSA) is 59.4 Å². The lowest BCUT2D eigenvalue weighted by atomic mass is 9.92. The van der Waals surface area contributed by atoms with Crippen molar-refractivity contribution in [3.05, 3.63) is 52.8 Å². The molecule has 1 saturated heterocycles. The Bertz CT molecular complexity index is 768. The van der Waals surface area contributed by atoms with Crippen LogP contribution in [0.2, 0.25) is 0 Å². The average molecular weight is 370 g/mol. The number of nitrogens with one attached hydrogen (secondary N) is 1. The van der Waals surface area contributed by atoms with E-state index in [4.69, 9.17) is 4.74 Å². The minimum absolute atomic E-state index is 0.0768. The molecule has 2 aromatic rings. The molecular weight excluding hydrogens is 340 g/mol. The Balaban J connectivity index is 1.55. The number of hydrogen-bond acceptors (Lipinski definition) is 4. The summed E-state index contributed by atoms with van der Waals surface area (Å²) in [4.78, 5) is 14.9. The van der Waals surface area contributed by atoms with Gasteiger partial charge in [-0.15, -0.1) is 0 Å². The molecule has 0 radical (unpaired) electrons. The Hall–Kier alpha value is -2.18. The van der Waals surface area contributed by atoms with Gasteiger partial charge in [-0.1, -0.05) is 45.0 Å². The Morgan fingerprint density at radius 2 is 1.78 bits per heavy atom. The van der Waals surface area contributed by atoms with Crippen LogP contribution in [0.15, 0.2) is 30.3 Å². The summed E-state index contributed by atoms with van der Waals surface area (Å²) in [7, 11) is 1.81. The number of hydrogen-bond donors (Lipinski definition) is 1. The van der Waals surface area contributed by atoms with Crippen LogP contribution in [0.1, 0.15) is 48.1 Å². The summed E-state index contributed by atoms with van der Waals surface area (Å²) < 4.78 is 7.04. The SMILES string of the molecule is Cn1nc(C(C)(C)C)cc1C(=O)NCc1ccc(CN2CCOCC2)cc1. The lowest BCUT2D eigenvalue weighted by Gasteiger charge is -2.26. The average Bonchev–Trinajstić information content (AvgIpc) is 3.04. The van der Waals surface area contributed by atoms with Crippen LogP contribution in [0, 0.1) is 0 Å². The smallest absolute Gasteiger partial charge is 0.269 e. The molecule has 3 rings (SSSR count). The predicted octanol–water partition coefficient (Wildman–Crippen LogP) is 2.48. The van der Waals surface area contributed by atoms with Crippen LogP contribution in [0.3, 0.4) is 0 Å². The number of nitrogens with zero attached hydrogens (tertiary/aromatic N) is 3. The van der Waals surface area contributed by atoms with E-state index in [9.17, 15) is 4.79 Å². The van der Waals surface area contributed by atoms with E-state index >= 15 is 0 Å². The maximum atomic E-state index is 12.5. The number of benzene rings is 1. The van der Waals surface area contributed by atoms with Crippen LogP contribution < -0.4 is 5.32 Å². The van der Waals surface area contributed by atoms with E-state index in [0.717, 1.165) is 44.1 Å². The van der Waals surface area contributed by atoms with Crippen molar-refractivity contribution in [3.63, 3.8) is 0 Å². The van der Waals surface area contributed by atoms with E-state index in [0.29, 0.717) is 12.2 Å². The number of carbonyl (C=O) groups excluding carboxylic acids is 1. The fourth-order valence-electron chi connectivity index (χ4n) is 3.10. The summed E-state index contributed by atoms with van der Waals surface area (Å²) in [5.41, 5.74) is 3.80.